The van der Waals surface area contributed by atoms with E-state index in [-0.39, 0.29) is 10.7 Å². The quantitative estimate of drug-likeness (QED) is 0.636. The zero-order valence-corrected chi connectivity index (χ0v) is 14.1. The molecular formula is C17H12Cl2N2O3. The van der Waals surface area contributed by atoms with Crippen molar-refractivity contribution >= 4 is 46.7 Å². The number of amides is 1. The summed E-state index contributed by atoms with van der Waals surface area (Å²) >= 11 is 11.7. The Morgan fingerprint density at radius 2 is 2.04 bits per heavy atom. The van der Waals surface area contributed by atoms with Crippen LogP contribution in [0.2, 0.25) is 10.0 Å². The van der Waals surface area contributed by atoms with Gasteiger partial charge >= 0.3 is 0 Å². The molecule has 2 aromatic rings. The lowest BCUT2D eigenvalue weighted by Gasteiger charge is -2.09. The maximum Gasteiger partial charge on any atom is 0.249 e. The van der Waals surface area contributed by atoms with Gasteiger partial charge in [0.2, 0.25) is 5.91 Å². The lowest BCUT2D eigenvalue weighted by Crippen LogP contribution is -2.27. The fourth-order valence-electron chi connectivity index (χ4n) is 1.85. The molecule has 1 heterocycles. The highest BCUT2D eigenvalue weighted by molar-refractivity contribution is 6.36. The predicted molar refractivity (Wildman–Crippen MR) is 91.7 cm³/mol. The van der Waals surface area contributed by atoms with E-state index >= 15 is 0 Å². The molecule has 0 saturated heterocycles. The number of halogens is 2. The lowest BCUT2D eigenvalue weighted by molar-refractivity contribution is -0.126. The largest absolute Gasteiger partial charge is 0.462 e. The average Bonchev–Trinajstić information content (AvgIpc) is 2.94. The van der Waals surface area contributed by atoms with Crippen LogP contribution in [0, 0.1) is 24.2 Å². The van der Waals surface area contributed by atoms with Crippen molar-refractivity contribution < 1.29 is 14.0 Å². The fourth-order valence-corrected chi connectivity index (χ4v) is 2.31. The van der Waals surface area contributed by atoms with Crippen LogP contribution in [0.5, 0.6) is 0 Å². The van der Waals surface area contributed by atoms with Crippen LogP contribution in [0.4, 0.5) is 5.69 Å². The number of aryl methyl sites for hydroxylation is 1. The van der Waals surface area contributed by atoms with Crippen LogP contribution in [0.1, 0.15) is 11.5 Å². The second-order valence-corrected chi connectivity index (χ2v) is 5.70. The van der Waals surface area contributed by atoms with E-state index in [0.717, 1.165) is 6.08 Å². The molecule has 1 aromatic carbocycles. The summed E-state index contributed by atoms with van der Waals surface area (Å²) < 4.78 is 5.28. The number of hydrogen-bond donors (Lipinski definition) is 1. The molecule has 1 atom stereocenters. The van der Waals surface area contributed by atoms with Gasteiger partial charge in [0.25, 0.3) is 0 Å². The molecule has 0 saturated carbocycles. The zero-order chi connectivity index (χ0) is 17.7. The Morgan fingerprint density at radius 1 is 1.29 bits per heavy atom. The summed E-state index contributed by atoms with van der Waals surface area (Å²) in [6.45, 7) is 1.76. The van der Waals surface area contributed by atoms with Gasteiger partial charge in [0.1, 0.15) is 11.5 Å². The maximum atomic E-state index is 12.1. The Kier molecular flexibility index (Phi) is 5.80. The number of carbonyl (C=O) groups excluding carboxylic acids is 2. The minimum Gasteiger partial charge on any atom is -0.462 e. The number of furan rings is 1. The third-order valence-corrected chi connectivity index (χ3v) is 3.59. The van der Waals surface area contributed by atoms with Gasteiger partial charge in [0, 0.05) is 5.02 Å². The van der Waals surface area contributed by atoms with Gasteiger partial charge in [-0.2, -0.15) is 5.26 Å². The first-order valence-electron chi connectivity index (χ1n) is 6.84. The molecule has 0 aliphatic carbocycles. The van der Waals surface area contributed by atoms with Crippen molar-refractivity contribution in [3.05, 3.63) is 58.0 Å². The Labute approximate surface area is 148 Å². The van der Waals surface area contributed by atoms with Gasteiger partial charge in [-0.1, -0.05) is 23.2 Å². The third kappa shape index (κ3) is 4.48. The zero-order valence-electron chi connectivity index (χ0n) is 12.5. The summed E-state index contributed by atoms with van der Waals surface area (Å²) in [5.41, 5.74) is 0.268. The first-order chi connectivity index (χ1) is 11.4. The molecule has 7 heteroatoms. The standard InChI is InChI=1S/C17H12Cl2N2O3/c1-10-2-4-12(24-10)5-7-16(22)13(9-20)17(23)21-15-6-3-11(18)8-14(15)19/h2-8,13H,1H3,(H,21,23)/b7-5+. The van der Waals surface area contributed by atoms with Crippen molar-refractivity contribution in [3.8, 4) is 6.07 Å². The first kappa shape index (κ1) is 17.8. The second kappa shape index (κ2) is 7.82. The lowest BCUT2D eigenvalue weighted by atomic mass is 10.0. The van der Waals surface area contributed by atoms with Crippen LogP contribution >= 0.6 is 23.2 Å². The number of ketones is 1. The van der Waals surface area contributed by atoms with Crippen LogP contribution in [0.25, 0.3) is 6.08 Å². The average molecular weight is 363 g/mol. The van der Waals surface area contributed by atoms with Gasteiger partial charge < -0.3 is 9.73 Å². The van der Waals surface area contributed by atoms with Crippen LogP contribution in [-0.4, -0.2) is 11.7 Å². The number of anilines is 1. The molecule has 0 radical (unpaired) electrons. The summed E-state index contributed by atoms with van der Waals surface area (Å²) in [6, 6.07) is 9.56. The highest BCUT2D eigenvalue weighted by Crippen LogP contribution is 2.25. The maximum absolute atomic E-state index is 12.1. The summed E-state index contributed by atoms with van der Waals surface area (Å²) in [6.07, 6.45) is 2.54. The number of carbonyl (C=O) groups is 2. The van der Waals surface area contributed by atoms with Crippen LogP contribution < -0.4 is 5.32 Å². The smallest absolute Gasteiger partial charge is 0.249 e. The van der Waals surface area contributed by atoms with E-state index in [0.29, 0.717) is 16.5 Å². The molecule has 1 unspecified atom stereocenters. The first-order valence-corrected chi connectivity index (χ1v) is 7.60. The minimum absolute atomic E-state index is 0.210. The highest BCUT2D eigenvalue weighted by atomic mass is 35.5. The Balaban J connectivity index is 2.09. The Hall–Kier alpha value is -2.55. The van der Waals surface area contributed by atoms with Gasteiger partial charge in [0.05, 0.1) is 16.8 Å². The van der Waals surface area contributed by atoms with E-state index in [2.05, 4.69) is 5.32 Å². The van der Waals surface area contributed by atoms with Gasteiger partial charge in [0.15, 0.2) is 11.7 Å². The molecular weight excluding hydrogens is 351 g/mol. The van der Waals surface area contributed by atoms with Crippen molar-refractivity contribution in [3.63, 3.8) is 0 Å². The molecule has 5 nitrogen and oxygen atoms in total. The van der Waals surface area contributed by atoms with E-state index in [1.54, 1.807) is 25.1 Å². The van der Waals surface area contributed by atoms with E-state index < -0.39 is 17.6 Å². The summed E-state index contributed by atoms with van der Waals surface area (Å²) in [5, 5.41) is 12.2. The molecule has 1 aromatic heterocycles. The summed E-state index contributed by atoms with van der Waals surface area (Å²) in [5.74, 6) is -1.78. The van der Waals surface area contributed by atoms with E-state index in [9.17, 15) is 9.59 Å². The second-order valence-electron chi connectivity index (χ2n) is 4.86. The normalized spacial score (nSPS) is 11.9. The Morgan fingerprint density at radius 3 is 2.62 bits per heavy atom. The summed E-state index contributed by atoms with van der Waals surface area (Å²) in [7, 11) is 0. The van der Waals surface area contributed by atoms with Crippen molar-refractivity contribution in [2.75, 3.05) is 5.32 Å². The summed E-state index contributed by atoms with van der Waals surface area (Å²) in [4.78, 5) is 24.2. The van der Waals surface area contributed by atoms with Crippen LogP contribution in [0.15, 0.2) is 40.8 Å². The molecule has 0 aliphatic rings. The molecule has 0 aliphatic heterocycles. The van der Waals surface area contributed by atoms with Gasteiger partial charge in [-0.05, 0) is 49.4 Å². The van der Waals surface area contributed by atoms with Crippen molar-refractivity contribution in [2.24, 2.45) is 5.92 Å². The van der Waals surface area contributed by atoms with E-state index in [4.69, 9.17) is 32.9 Å². The van der Waals surface area contributed by atoms with Crippen molar-refractivity contribution in [1.29, 1.82) is 5.26 Å². The number of nitrogens with one attached hydrogen (secondary N) is 1. The highest BCUT2D eigenvalue weighted by Gasteiger charge is 2.25. The number of nitrogens with zero attached hydrogens (tertiary/aromatic N) is 1. The number of nitriles is 1. The minimum atomic E-state index is -1.50. The molecule has 122 valence electrons. The van der Waals surface area contributed by atoms with E-state index in [1.807, 2.05) is 0 Å². The van der Waals surface area contributed by atoms with Gasteiger partial charge in [-0.15, -0.1) is 0 Å². The predicted octanol–water partition coefficient (Wildman–Crippen LogP) is 4.26. The molecule has 0 fully saturated rings. The van der Waals surface area contributed by atoms with Crippen LogP contribution in [0.3, 0.4) is 0 Å². The number of rotatable bonds is 5. The van der Waals surface area contributed by atoms with E-state index in [1.165, 1.54) is 24.3 Å². The third-order valence-electron chi connectivity index (χ3n) is 3.04. The van der Waals surface area contributed by atoms with Crippen LogP contribution in [-0.2, 0) is 9.59 Å². The van der Waals surface area contributed by atoms with Crippen molar-refractivity contribution in [1.82, 2.24) is 0 Å². The van der Waals surface area contributed by atoms with Gasteiger partial charge in [-0.25, -0.2) is 0 Å². The molecule has 1 N–H and O–H groups in total. The number of benzene rings is 1. The SMILES string of the molecule is Cc1ccc(/C=C/C(=O)C(C#N)C(=O)Nc2ccc(Cl)cc2Cl)o1. The van der Waals surface area contributed by atoms with Crippen molar-refractivity contribution in [2.45, 2.75) is 6.92 Å². The fraction of sp³-hybridized carbons (Fsp3) is 0.118. The number of allylic oxidation sites excluding steroid dienone is 1. The van der Waals surface area contributed by atoms with Gasteiger partial charge in [-0.3, -0.25) is 9.59 Å². The molecule has 0 bridgehead atoms. The molecule has 2 rings (SSSR count). The number of hydrogen-bond acceptors (Lipinski definition) is 4. The topological polar surface area (TPSA) is 83.1 Å². The molecule has 0 spiro atoms. The monoisotopic (exact) mass is 362 g/mol. The molecule has 1 amide bonds. The Bertz CT molecular complexity index is 850. The molecule has 24 heavy (non-hydrogen) atoms.